The maximum Gasteiger partial charge on any atom is 3.00 e. The summed E-state index contributed by atoms with van der Waals surface area (Å²) >= 11 is 0. The summed E-state index contributed by atoms with van der Waals surface area (Å²) in [6.07, 6.45) is 0. The molecule has 0 N–H and O–H groups in total. The second-order valence-electron chi connectivity index (χ2n) is 9.13. The largest absolute Gasteiger partial charge is 3.00 e. The van der Waals surface area contributed by atoms with E-state index in [9.17, 15) is 29.7 Å². The molecule has 0 heterocycles. The molecule has 37 heavy (non-hydrogen) atoms. The minimum atomic E-state index is -1.10. The van der Waals surface area contributed by atoms with E-state index in [1.165, 1.54) is 0 Å². The molecule has 0 spiro atoms. The van der Waals surface area contributed by atoms with Gasteiger partial charge in [-0.1, -0.05) is 34.9 Å². The Kier molecular flexibility index (Phi) is 13.2. The van der Waals surface area contributed by atoms with Gasteiger partial charge in [-0.25, -0.2) is 0 Å². The molecule has 3 rings (SSSR count). The molecule has 192 valence electrons. The molecule has 0 amide bonds. The van der Waals surface area contributed by atoms with Crippen molar-refractivity contribution in [1.29, 1.82) is 0 Å². The Bertz CT molecular complexity index is 1150. The summed E-state index contributed by atoms with van der Waals surface area (Å²) in [6, 6.07) is 10.8. The van der Waals surface area contributed by atoms with Gasteiger partial charge in [0.2, 0.25) is 0 Å². The van der Waals surface area contributed by atoms with Gasteiger partial charge in [0, 0.05) is 16.7 Å². The molecule has 0 atom stereocenters. The zero-order chi connectivity index (χ0) is 27.9. The van der Waals surface area contributed by atoms with Crippen LogP contribution in [0.4, 0.5) is 0 Å². The predicted molar refractivity (Wildman–Crippen MR) is 141 cm³/mol. The summed E-state index contributed by atoms with van der Waals surface area (Å²) in [7, 11) is 0. The van der Waals surface area contributed by atoms with Crippen molar-refractivity contribution < 1.29 is 29.7 Å². The van der Waals surface area contributed by atoms with Crippen LogP contribution >= 0.6 is 0 Å². The topological polar surface area (TPSA) is 120 Å². The van der Waals surface area contributed by atoms with Gasteiger partial charge in [0.1, 0.15) is 0 Å². The van der Waals surface area contributed by atoms with Gasteiger partial charge in [0.25, 0.3) is 0 Å². The van der Waals surface area contributed by atoms with Crippen LogP contribution < -0.4 is 15.3 Å². The van der Waals surface area contributed by atoms with Crippen LogP contribution in [0.5, 0.6) is 0 Å². The average Bonchev–Trinajstić information content (AvgIpc) is 2.76. The van der Waals surface area contributed by atoms with Gasteiger partial charge in [-0.3, -0.25) is 0 Å². The van der Waals surface area contributed by atoms with E-state index in [-0.39, 0.29) is 19.8 Å². The Morgan fingerprint density at radius 2 is 0.622 bits per heavy atom. The first-order valence-corrected chi connectivity index (χ1v) is 11.4. The average molecular weight is 559 g/mol. The Hall–Kier alpha value is -3.29. The van der Waals surface area contributed by atoms with Crippen LogP contribution in [0.3, 0.4) is 0 Å². The smallest absolute Gasteiger partial charge is 0.545 e. The standard InChI is InChI=1S/3C10H12O2.Ga/c3*1-6-4-7(2)8(3)9(5-6)10(11)12;/h3*4-5H,1-3H3,(H,11,12);/q;;;+3/p-3. The molecule has 0 aliphatic carbocycles. The quantitative estimate of drug-likeness (QED) is 0.455. The Morgan fingerprint density at radius 1 is 0.432 bits per heavy atom. The number of hydrogen-bond donors (Lipinski definition) is 0. The van der Waals surface area contributed by atoms with E-state index in [0.717, 1.165) is 50.1 Å². The molecule has 0 radical (unpaired) electrons. The first kappa shape index (κ1) is 33.7. The normalized spacial score (nSPS) is 9.65. The van der Waals surface area contributed by atoms with Gasteiger partial charge in [0.05, 0.1) is 17.9 Å². The van der Waals surface area contributed by atoms with E-state index in [1.807, 2.05) is 59.7 Å². The molecule has 0 aliphatic heterocycles. The maximum atomic E-state index is 10.6. The van der Waals surface area contributed by atoms with Crippen LogP contribution in [0, 0.1) is 62.3 Å². The fraction of sp³-hybridized carbons (Fsp3) is 0.300. The van der Waals surface area contributed by atoms with Crippen molar-refractivity contribution in [1.82, 2.24) is 0 Å². The number of carbonyl (C=O) groups excluding carboxylic acids is 3. The molecular weight excluding hydrogens is 526 g/mol. The molecular formula is C30H33GaO6. The zero-order valence-electron chi connectivity index (χ0n) is 23.0. The van der Waals surface area contributed by atoms with E-state index in [4.69, 9.17) is 0 Å². The minimum absolute atomic E-state index is 0. The van der Waals surface area contributed by atoms with Crippen LogP contribution in [-0.2, 0) is 0 Å². The van der Waals surface area contributed by atoms with Gasteiger partial charge in [-0.2, -0.15) is 0 Å². The second-order valence-corrected chi connectivity index (χ2v) is 9.13. The maximum absolute atomic E-state index is 10.6. The second kappa shape index (κ2) is 14.4. The molecule has 0 aromatic heterocycles. The fourth-order valence-electron chi connectivity index (χ4n) is 3.76. The first-order chi connectivity index (χ1) is 16.6. The van der Waals surface area contributed by atoms with Crippen molar-refractivity contribution in [2.45, 2.75) is 62.3 Å². The van der Waals surface area contributed by atoms with Crippen LogP contribution in [0.2, 0.25) is 0 Å². The molecule has 0 bridgehead atoms. The first-order valence-electron chi connectivity index (χ1n) is 11.4. The molecule has 6 nitrogen and oxygen atoms in total. The molecule has 0 fully saturated rings. The number of carboxylic acid groups (broad SMARTS) is 3. The number of rotatable bonds is 3. The molecule has 7 heteroatoms. The summed E-state index contributed by atoms with van der Waals surface area (Å²) in [6.45, 7) is 16.7. The number of benzene rings is 3. The van der Waals surface area contributed by atoms with Crippen LogP contribution in [0.15, 0.2) is 36.4 Å². The third kappa shape index (κ3) is 9.59. The molecule has 0 unspecified atom stereocenters. The summed E-state index contributed by atoms with van der Waals surface area (Å²) in [5.41, 5.74) is 9.12. The van der Waals surface area contributed by atoms with Crippen LogP contribution in [-0.4, -0.2) is 37.7 Å². The van der Waals surface area contributed by atoms with E-state index < -0.39 is 17.9 Å². The number of aromatic carboxylic acids is 3. The van der Waals surface area contributed by atoms with E-state index >= 15 is 0 Å². The fourth-order valence-corrected chi connectivity index (χ4v) is 3.76. The third-order valence-electron chi connectivity index (χ3n) is 6.09. The molecule has 0 saturated heterocycles. The monoisotopic (exact) mass is 558 g/mol. The third-order valence-corrected chi connectivity index (χ3v) is 6.09. The van der Waals surface area contributed by atoms with Crippen molar-refractivity contribution >= 4 is 37.7 Å². The van der Waals surface area contributed by atoms with E-state index in [2.05, 4.69) is 0 Å². The summed E-state index contributed by atoms with van der Waals surface area (Å²) < 4.78 is 0. The summed E-state index contributed by atoms with van der Waals surface area (Å²) in [5, 5.41) is 31.8. The number of carbonyl (C=O) groups is 3. The summed E-state index contributed by atoms with van der Waals surface area (Å²) in [4.78, 5) is 31.8. The predicted octanol–water partition coefficient (Wildman–Crippen LogP) is 2.55. The Labute approximate surface area is 232 Å². The van der Waals surface area contributed by atoms with Crippen molar-refractivity contribution in [2.24, 2.45) is 0 Å². The van der Waals surface area contributed by atoms with Crippen molar-refractivity contribution in [3.05, 3.63) is 103 Å². The molecule has 3 aromatic rings. The SMILES string of the molecule is Cc1cc(C)c(C)c(C(=O)[O-])c1.Cc1cc(C)c(C)c(C(=O)[O-])c1.Cc1cc(C)c(C)c(C(=O)[O-])c1.[Ga+3]. The Balaban J connectivity index is 0.000000518. The Morgan fingerprint density at radius 3 is 0.784 bits per heavy atom. The van der Waals surface area contributed by atoms with Crippen molar-refractivity contribution in [3.8, 4) is 0 Å². The van der Waals surface area contributed by atoms with Gasteiger partial charge < -0.3 is 29.7 Å². The zero-order valence-corrected chi connectivity index (χ0v) is 25.4. The molecule has 3 aromatic carbocycles. The van der Waals surface area contributed by atoms with Crippen LogP contribution in [0.25, 0.3) is 0 Å². The van der Waals surface area contributed by atoms with Gasteiger partial charge in [-0.15, -0.1) is 0 Å². The van der Waals surface area contributed by atoms with Gasteiger partial charge in [-0.05, 0) is 114 Å². The molecule has 0 aliphatic rings. The van der Waals surface area contributed by atoms with Gasteiger partial charge in [0.15, 0.2) is 0 Å². The number of aryl methyl sites for hydroxylation is 6. The number of hydrogen-bond acceptors (Lipinski definition) is 6. The number of carboxylic acids is 3. The summed E-state index contributed by atoms with van der Waals surface area (Å²) in [5.74, 6) is -3.29. The van der Waals surface area contributed by atoms with Gasteiger partial charge >= 0.3 is 19.8 Å². The molecule has 0 saturated carbocycles. The van der Waals surface area contributed by atoms with Crippen molar-refractivity contribution in [2.75, 3.05) is 0 Å². The minimum Gasteiger partial charge on any atom is -0.545 e. The van der Waals surface area contributed by atoms with Crippen LogP contribution in [0.1, 0.15) is 81.1 Å². The van der Waals surface area contributed by atoms with Crippen molar-refractivity contribution in [3.63, 3.8) is 0 Å². The van der Waals surface area contributed by atoms with E-state index in [0.29, 0.717) is 16.7 Å². The van der Waals surface area contributed by atoms with E-state index in [1.54, 1.807) is 39.0 Å².